The third-order valence-corrected chi connectivity index (χ3v) is 4.82. The zero-order valence-corrected chi connectivity index (χ0v) is 15.7. The molecule has 0 saturated heterocycles. The average Bonchev–Trinajstić information content (AvgIpc) is 2.60. The molecule has 1 unspecified atom stereocenters. The molecule has 0 spiro atoms. The second-order valence-electron chi connectivity index (χ2n) is 7.03. The third-order valence-electron chi connectivity index (χ3n) is 4.82. The Kier molecular flexibility index (Phi) is 6.77. The van der Waals surface area contributed by atoms with Crippen LogP contribution in [0.3, 0.4) is 0 Å². The second kappa shape index (κ2) is 8.53. The van der Waals surface area contributed by atoms with Crippen molar-refractivity contribution in [3.05, 3.63) is 34.9 Å². The van der Waals surface area contributed by atoms with Gasteiger partial charge in [-0.2, -0.15) is 26.3 Å². The standard InChI is InChI=1S/C19H22F6N2O/c1-3-4-7-16-8-5-6-12(2)27(16)26-17(28)13-9-14(18(20,21)22)11-15(10-13)19(23,24)25/h9-11,16H,3-8H2,1-2H3/p+1. The Bertz CT molecular complexity index is 720. The lowest BCUT2D eigenvalue weighted by molar-refractivity contribution is -0.614. The molecule has 1 aromatic carbocycles. The summed E-state index contributed by atoms with van der Waals surface area (Å²) >= 11 is 0. The van der Waals surface area contributed by atoms with Gasteiger partial charge in [-0.3, -0.25) is 4.79 Å². The van der Waals surface area contributed by atoms with E-state index in [1.54, 1.807) is 11.6 Å². The van der Waals surface area contributed by atoms with Crippen molar-refractivity contribution in [1.29, 1.82) is 0 Å². The molecule has 3 nitrogen and oxygen atoms in total. The molecule has 2 rings (SSSR count). The van der Waals surface area contributed by atoms with Crippen LogP contribution in [0, 0.1) is 0 Å². The van der Waals surface area contributed by atoms with Crippen molar-refractivity contribution in [3.8, 4) is 0 Å². The Morgan fingerprint density at radius 1 is 1.11 bits per heavy atom. The minimum Gasteiger partial charge on any atom is -0.264 e. The number of alkyl halides is 6. The van der Waals surface area contributed by atoms with Gasteiger partial charge >= 0.3 is 18.3 Å². The molecule has 1 amide bonds. The van der Waals surface area contributed by atoms with E-state index in [1.165, 1.54) is 0 Å². The first-order valence-electron chi connectivity index (χ1n) is 9.15. The van der Waals surface area contributed by atoms with Crippen molar-refractivity contribution in [3.63, 3.8) is 0 Å². The summed E-state index contributed by atoms with van der Waals surface area (Å²) in [6.07, 6.45) is -4.92. The van der Waals surface area contributed by atoms with Crippen molar-refractivity contribution >= 4 is 11.6 Å². The minimum absolute atomic E-state index is 0.0130. The van der Waals surface area contributed by atoms with Crippen LogP contribution in [0.5, 0.6) is 0 Å². The smallest absolute Gasteiger partial charge is 0.264 e. The molecular formula is C19H23F6N2O+. The highest BCUT2D eigenvalue weighted by Crippen LogP contribution is 2.36. The Balaban J connectivity index is 2.37. The summed E-state index contributed by atoms with van der Waals surface area (Å²) in [6.45, 7) is 3.81. The third kappa shape index (κ3) is 5.48. The SMILES string of the molecule is CCCCC1CCCC(C)=[N+]1NC(=O)c1cc(C(F)(F)F)cc(C(F)(F)F)c1. The van der Waals surface area contributed by atoms with E-state index in [2.05, 4.69) is 5.43 Å². The monoisotopic (exact) mass is 409 g/mol. The molecule has 1 aromatic rings. The number of carbonyl (C=O) groups excluding carboxylic acids is 1. The number of amides is 1. The predicted molar refractivity (Wildman–Crippen MR) is 92.0 cm³/mol. The molecule has 1 atom stereocenters. The molecule has 0 bridgehead atoms. The lowest BCUT2D eigenvalue weighted by Crippen LogP contribution is -2.46. The number of unbranched alkanes of at least 4 members (excludes halogenated alkanes) is 1. The Morgan fingerprint density at radius 3 is 2.18 bits per heavy atom. The van der Waals surface area contributed by atoms with Gasteiger partial charge in [-0.05, 0) is 31.0 Å². The maximum atomic E-state index is 13.0. The van der Waals surface area contributed by atoms with Crippen LogP contribution >= 0.6 is 0 Å². The summed E-state index contributed by atoms with van der Waals surface area (Å²) in [4.78, 5) is 12.5. The van der Waals surface area contributed by atoms with Crippen LogP contribution in [0.4, 0.5) is 26.3 Å². The molecular weight excluding hydrogens is 386 g/mol. The fourth-order valence-corrected chi connectivity index (χ4v) is 3.31. The zero-order chi connectivity index (χ0) is 21.1. The van der Waals surface area contributed by atoms with E-state index in [0.717, 1.165) is 37.8 Å². The summed E-state index contributed by atoms with van der Waals surface area (Å²) in [5, 5.41) is 0. The van der Waals surface area contributed by atoms with Crippen LogP contribution in [0.25, 0.3) is 0 Å². The van der Waals surface area contributed by atoms with Crippen molar-refractivity contribution in [2.45, 2.75) is 70.8 Å². The highest BCUT2D eigenvalue weighted by Gasteiger charge is 2.38. The summed E-state index contributed by atoms with van der Waals surface area (Å²) in [5.74, 6) is -0.987. The molecule has 0 saturated carbocycles. The Morgan fingerprint density at radius 2 is 1.68 bits per heavy atom. The largest absolute Gasteiger partial charge is 0.416 e. The minimum atomic E-state index is -4.99. The predicted octanol–water partition coefficient (Wildman–Crippen LogP) is 5.59. The average molecular weight is 409 g/mol. The van der Waals surface area contributed by atoms with Crippen molar-refractivity contribution < 1.29 is 35.8 Å². The van der Waals surface area contributed by atoms with Crippen LogP contribution < -0.4 is 5.43 Å². The van der Waals surface area contributed by atoms with E-state index in [9.17, 15) is 31.1 Å². The summed E-state index contributed by atoms with van der Waals surface area (Å²) in [6, 6.07) is 0.889. The first-order valence-corrected chi connectivity index (χ1v) is 9.15. The molecule has 0 aromatic heterocycles. The number of hydrazone groups is 1. The van der Waals surface area contributed by atoms with Gasteiger partial charge in [-0.15, -0.1) is 10.1 Å². The second-order valence-corrected chi connectivity index (χ2v) is 7.03. The number of nitrogens with zero attached hydrogens (tertiary/aromatic N) is 1. The molecule has 0 aliphatic carbocycles. The van der Waals surface area contributed by atoms with Gasteiger partial charge < -0.3 is 0 Å². The quantitative estimate of drug-likeness (QED) is 0.499. The summed E-state index contributed by atoms with van der Waals surface area (Å²) in [7, 11) is 0. The van der Waals surface area contributed by atoms with Gasteiger partial charge in [-0.25, -0.2) is 0 Å². The van der Waals surface area contributed by atoms with Crippen LogP contribution in [0.2, 0.25) is 0 Å². The van der Waals surface area contributed by atoms with Gasteiger partial charge in [-0.1, -0.05) is 13.3 Å². The van der Waals surface area contributed by atoms with Gasteiger partial charge in [0.2, 0.25) is 0 Å². The number of benzene rings is 1. The van der Waals surface area contributed by atoms with E-state index in [-0.39, 0.29) is 12.1 Å². The number of halogens is 6. The lowest BCUT2D eigenvalue weighted by Gasteiger charge is -2.21. The number of carbonyl (C=O) groups is 1. The molecule has 1 aliphatic heterocycles. The van der Waals surface area contributed by atoms with Gasteiger partial charge in [0.25, 0.3) is 0 Å². The molecule has 1 heterocycles. The Hall–Kier alpha value is -2.06. The van der Waals surface area contributed by atoms with E-state index < -0.39 is 35.0 Å². The maximum Gasteiger partial charge on any atom is 0.416 e. The highest BCUT2D eigenvalue weighted by molar-refractivity contribution is 5.94. The van der Waals surface area contributed by atoms with Crippen molar-refractivity contribution in [2.75, 3.05) is 0 Å². The number of hydrazine groups is 1. The molecule has 0 radical (unpaired) electrons. The summed E-state index contributed by atoms with van der Waals surface area (Å²) < 4.78 is 79.7. The van der Waals surface area contributed by atoms with Crippen LogP contribution in [0.1, 0.15) is 73.9 Å². The number of nitrogens with one attached hydrogen (secondary N) is 1. The normalized spacial score (nSPS) is 18.4. The van der Waals surface area contributed by atoms with E-state index in [1.807, 2.05) is 6.92 Å². The first-order chi connectivity index (χ1) is 12.9. The lowest BCUT2D eigenvalue weighted by atomic mass is 9.98. The van der Waals surface area contributed by atoms with E-state index >= 15 is 0 Å². The molecule has 156 valence electrons. The van der Waals surface area contributed by atoms with Crippen molar-refractivity contribution in [1.82, 2.24) is 5.43 Å². The number of hydrogen-bond donors (Lipinski definition) is 1. The molecule has 1 N–H and O–H groups in total. The van der Waals surface area contributed by atoms with Gasteiger partial charge in [0.15, 0.2) is 11.8 Å². The summed E-state index contributed by atoms with van der Waals surface area (Å²) in [5.41, 5.74) is -0.321. The number of hydrogen-bond acceptors (Lipinski definition) is 1. The van der Waals surface area contributed by atoms with Crippen LogP contribution in [-0.2, 0) is 12.4 Å². The zero-order valence-electron chi connectivity index (χ0n) is 15.7. The maximum absolute atomic E-state index is 13.0. The van der Waals surface area contributed by atoms with Crippen LogP contribution in [-0.4, -0.2) is 22.3 Å². The van der Waals surface area contributed by atoms with E-state index in [0.29, 0.717) is 18.6 Å². The van der Waals surface area contributed by atoms with Crippen LogP contribution in [0.15, 0.2) is 18.2 Å². The first kappa shape index (κ1) is 22.2. The fraction of sp³-hybridized carbons (Fsp3) is 0.579. The molecule has 9 heteroatoms. The van der Waals surface area contributed by atoms with Gasteiger partial charge in [0, 0.05) is 31.7 Å². The molecule has 28 heavy (non-hydrogen) atoms. The van der Waals surface area contributed by atoms with Gasteiger partial charge in [0.05, 0.1) is 11.1 Å². The fourth-order valence-electron chi connectivity index (χ4n) is 3.31. The highest BCUT2D eigenvalue weighted by atomic mass is 19.4. The van der Waals surface area contributed by atoms with Gasteiger partial charge in [0.1, 0.15) is 0 Å². The van der Waals surface area contributed by atoms with E-state index in [4.69, 9.17) is 0 Å². The Labute approximate surface area is 159 Å². The topological polar surface area (TPSA) is 32.1 Å². The number of rotatable bonds is 5. The molecule has 1 aliphatic rings. The van der Waals surface area contributed by atoms with Crippen molar-refractivity contribution in [2.24, 2.45) is 0 Å². The molecule has 0 fully saturated rings.